The van der Waals surface area contributed by atoms with Crippen LogP contribution in [-0.4, -0.2) is 56.7 Å². The van der Waals surface area contributed by atoms with E-state index in [2.05, 4.69) is 0 Å². The quantitative estimate of drug-likeness (QED) is 0.225. The summed E-state index contributed by atoms with van der Waals surface area (Å²) >= 11 is 0. The second-order valence-electron chi connectivity index (χ2n) is 0. The van der Waals surface area contributed by atoms with Crippen molar-refractivity contribution in [2.24, 2.45) is 0 Å². The third kappa shape index (κ3) is 42.1. The Labute approximate surface area is 166 Å². The summed E-state index contributed by atoms with van der Waals surface area (Å²) in [4.78, 5) is 0. The van der Waals surface area contributed by atoms with Gasteiger partial charge in [-0.3, -0.25) is 0 Å². The van der Waals surface area contributed by atoms with Crippen molar-refractivity contribution in [3.8, 4) is 0 Å². The Morgan fingerprint density at radius 1 is 1.00 bits per heavy atom. The van der Waals surface area contributed by atoms with E-state index in [1.807, 2.05) is 0 Å². The second-order valence-corrected chi connectivity index (χ2v) is 0. The van der Waals surface area contributed by atoms with Crippen LogP contribution in [-0.2, 0) is 114 Å². The molecule has 44 valence electrons. The van der Waals surface area contributed by atoms with Crippen molar-refractivity contribution in [1.29, 1.82) is 0 Å². The van der Waals surface area contributed by atoms with Gasteiger partial charge in [-0.15, -0.1) is 0 Å². The van der Waals surface area contributed by atoms with Crippen molar-refractivity contribution in [3.63, 3.8) is 0 Å². The van der Waals surface area contributed by atoms with Crippen LogP contribution in [0.5, 0.6) is 0 Å². The van der Waals surface area contributed by atoms with Crippen LogP contribution < -0.4 is 0 Å². The van der Waals surface area contributed by atoms with Crippen molar-refractivity contribution in [2.75, 3.05) is 0 Å². The molecule has 0 rings (SSSR count). The molecule has 0 unspecified atom stereocenters. The Balaban J connectivity index is 0. The summed E-state index contributed by atoms with van der Waals surface area (Å²) in [6.45, 7) is 0. The fourth-order valence-electron chi connectivity index (χ4n) is 0. The molecule has 8 heteroatoms. The third-order valence-electron chi connectivity index (χ3n) is 0. The summed E-state index contributed by atoms with van der Waals surface area (Å²) in [5, 5.41) is 0. The largest absolute Gasteiger partial charge is 0 e. The molecule has 0 fully saturated rings. The van der Waals surface area contributed by atoms with E-state index >= 15 is 0 Å². The minimum atomic E-state index is 0. The van der Waals surface area contributed by atoms with Crippen LogP contribution in [0.1, 0.15) is 0 Å². The van der Waals surface area contributed by atoms with Gasteiger partial charge in [0.05, 0.1) is 8.41 Å². The average Bonchev–Trinajstić information content (AvgIpc) is 0. The maximum absolute atomic E-state index is 0. The summed E-state index contributed by atoms with van der Waals surface area (Å²) in [6.07, 6.45) is 0. The summed E-state index contributed by atoms with van der Waals surface area (Å²) in [6, 6.07) is 0. The van der Waals surface area contributed by atoms with E-state index in [-0.39, 0.29) is 170 Å². The van der Waals surface area contributed by atoms with Crippen molar-refractivity contribution < 1.29 is 114 Å². The van der Waals surface area contributed by atoms with Crippen molar-refractivity contribution >= 4 is 56.7 Å². The molecule has 0 bridgehead atoms. The molecule has 0 aromatic carbocycles. The summed E-state index contributed by atoms with van der Waals surface area (Å²) in [5.74, 6) is 0. The molecule has 8 heavy (non-hydrogen) atoms. The van der Waals surface area contributed by atoms with Gasteiger partial charge in [0.15, 0.2) is 0 Å². The van der Waals surface area contributed by atoms with Crippen LogP contribution >= 0.6 is 0 Å². The number of rotatable bonds is 0. The van der Waals surface area contributed by atoms with Crippen LogP contribution in [0.15, 0.2) is 0 Å². The molecule has 0 aromatic rings. The third-order valence-corrected chi connectivity index (χ3v) is 0. The molecule has 0 aliphatic rings. The summed E-state index contributed by atoms with van der Waals surface area (Å²) in [5.41, 5.74) is 0. The first-order valence-corrected chi connectivity index (χ1v) is 0. The minimum Gasteiger partial charge on any atom is 0 e. The monoisotopic (exact) mass is 856 g/mol. The Bertz CT molecular complexity index is 24.0. The van der Waals surface area contributed by atoms with Gasteiger partial charge in [-0.05, 0) is 0 Å². The minimum absolute atomic E-state index is 0. The van der Waals surface area contributed by atoms with E-state index in [0.29, 0.717) is 0 Å². The van der Waals surface area contributed by atoms with Crippen molar-refractivity contribution in [2.45, 2.75) is 0 Å². The van der Waals surface area contributed by atoms with Gasteiger partial charge >= 0.3 is 48.3 Å². The van der Waals surface area contributed by atoms with Gasteiger partial charge in [0.2, 0.25) is 0 Å². The molecule has 0 aliphatic carbocycles. The molecule has 0 amide bonds. The van der Waals surface area contributed by atoms with Crippen molar-refractivity contribution in [3.05, 3.63) is 0 Å². The maximum atomic E-state index is 0. The van der Waals surface area contributed by atoms with E-state index in [0.717, 1.165) is 0 Å². The van der Waals surface area contributed by atoms with Gasteiger partial charge < -0.3 is 0 Å². The van der Waals surface area contributed by atoms with Crippen LogP contribution in [0, 0.1) is 0 Å². The number of hydrogen-bond acceptors (Lipinski definition) is 0. The van der Waals surface area contributed by atoms with Gasteiger partial charge in [0, 0.05) is 114 Å². The van der Waals surface area contributed by atoms with Gasteiger partial charge in [0.1, 0.15) is 0 Å². The molecular weight excluding hydrogens is 848 g/mol. The first-order chi connectivity index (χ1) is 0. The maximum Gasteiger partial charge on any atom is 0 e. The number of hydrogen-bond donors (Lipinski definition) is 0. The smallest absolute Gasteiger partial charge is 0 e. The fourth-order valence-corrected chi connectivity index (χ4v) is 0. The predicted molar refractivity (Wildman–Crippen MR) is 28.4 cm³/mol. The molecule has 0 aromatic heterocycles. The van der Waals surface area contributed by atoms with E-state index in [4.69, 9.17) is 0 Å². The van der Waals surface area contributed by atoms with E-state index in [1.165, 1.54) is 0 Å². The molecule has 0 atom stereocenters. The SMILES string of the molecule is B.[Nb].[SbH3].[SnH2].[Ta].[Ti].[W].[Zr]. The molecule has 0 saturated heterocycles. The first kappa shape index (κ1) is 70.2. The van der Waals surface area contributed by atoms with E-state index in [1.54, 1.807) is 0 Å². The van der Waals surface area contributed by atoms with Gasteiger partial charge in [-0.25, -0.2) is 0 Å². The van der Waals surface area contributed by atoms with Gasteiger partial charge in [-0.1, -0.05) is 0 Å². The molecular formula is H8BNbSbSnTaTiWZr. The Morgan fingerprint density at radius 2 is 1.00 bits per heavy atom. The molecule has 0 N–H and O–H groups in total. The topological polar surface area (TPSA) is 0 Å². The summed E-state index contributed by atoms with van der Waals surface area (Å²) < 4.78 is 0. The molecule has 0 heterocycles. The zero-order chi connectivity index (χ0) is 0. The van der Waals surface area contributed by atoms with E-state index < -0.39 is 0 Å². The normalized spacial score (nSPS) is 0. The van der Waals surface area contributed by atoms with Gasteiger partial charge in [-0.2, -0.15) is 0 Å². The van der Waals surface area contributed by atoms with Gasteiger partial charge in [0.25, 0.3) is 0 Å². The molecule has 0 saturated carbocycles. The van der Waals surface area contributed by atoms with Crippen LogP contribution in [0.4, 0.5) is 0 Å². The molecule has 0 nitrogen and oxygen atoms in total. The predicted octanol–water partition coefficient (Wildman–Crippen LogP) is -3.30. The Kier molecular flexibility index (Phi) is 482. The van der Waals surface area contributed by atoms with Crippen LogP contribution in [0.25, 0.3) is 0 Å². The zero-order valence-electron chi connectivity index (χ0n) is 3.72. The summed E-state index contributed by atoms with van der Waals surface area (Å²) in [7, 11) is 0. The molecule has 0 spiro atoms. The Morgan fingerprint density at radius 3 is 1.00 bits per heavy atom. The molecule has 4 radical (unpaired) electrons. The molecule has 0 aliphatic heterocycles. The standard InChI is InChI=1S/BH3.Nb.Sb.Sn.Ta.Ti.W.Zr.5H/h1H3;;;;;;;;;;;;. The van der Waals surface area contributed by atoms with Crippen LogP contribution in [0.3, 0.4) is 0 Å². The second kappa shape index (κ2) is 55.0. The first-order valence-electron chi connectivity index (χ1n) is 0. The van der Waals surface area contributed by atoms with Crippen LogP contribution in [0.2, 0.25) is 0 Å². The fraction of sp³-hybridized carbons (Fsp3) is 0. The van der Waals surface area contributed by atoms with Crippen molar-refractivity contribution in [1.82, 2.24) is 0 Å². The average molecular weight is 856 g/mol. The zero-order valence-corrected chi connectivity index (χ0v) is 24.2. The Hall–Kier alpha value is 5.45. The van der Waals surface area contributed by atoms with E-state index in [9.17, 15) is 0 Å².